The van der Waals surface area contributed by atoms with Crippen LogP contribution < -0.4 is 11.1 Å². The molecular formula is C25H24ClN3O. The van der Waals surface area contributed by atoms with Gasteiger partial charge in [-0.15, -0.1) is 0 Å². The van der Waals surface area contributed by atoms with Crippen molar-refractivity contribution < 1.29 is 4.79 Å². The lowest BCUT2D eigenvalue weighted by molar-refractivity contribution is -0.111. The minimum absolute atomic E-state index is 0.258. The predicted molar refractivity (Wildman–Crippen MR) is 126 cm³/mol. The summed E-state index contributed by atoms with van der Waals surface area (Å²) in [6.45, 7) is 4.30. The number of carbonyl (C=O) groups excluding carboxylic acids is 1. The molecule has 0 aliphatic heterocycles. The Hall–Kier alpha value is -3.37. The third-order valence-corrected chi connectivity index (χ3v) is 4.90. The Bertz CT molecular complexity index is 1090. The zero-order chi connectivity index (χ0) is 21.5. The first-order valence-corrected chi connectivity index (χ1v) is 10.1. The summed E-state index contributed by atoms with van der Waals surface area (Å²) in [5, 5.41) is 3.42. The zero-order valence-corrected chi connectivity index (χ0v) is 17.7. The van der Waals surface area contributed by atoms with Crippen LogP contribution in [0, 0.1) is 0 Å². The van der Waals surface area contributed by atoms with Crippen LogP contribution in [0.25, 0.3) is 6.08 Å². The molecule has 0 aromatic heterocycles. The van der Waals surface area contributed by atoms with E-state index < -0.39 is 0 Å². The number of amides is 1. The van der Waals surface area contributed by atoms with Crippen molar-refractivity contribution >= 4 is 40.8 Å². The monoisotopic (exact) mass is 417 g/mol. The molecule has 0 aliphatic carbocycles. The molecule has 5 heteroatoms. The molecule has 0 bridgehead atoms. The van der Waals surface area contributed by atoms with Gasteiger partial charge in [0.25, 0.3) is 0 Å². The molecule has 4 nitrogen and oxygen atoms in total. The summed E-state index contributed by atoms with van der Waals surface area (Å²) in [5.74, 6) is 0.592. The van der Waals surface area contributed by atoms with Crippen LogP contribution in [0.2, 0.25) is 5.02 Å². The Labute approximate surface area is 182 Å². The largest absolute Gasteiger partial charge is 0.383 e. The van der Waals surface area contributed by atoms with E-state index in [1.165, 1.54) is 11.6 Å². The van der Waals surface area contributed by atoms with Gasteiger partial charge in [-0.05, 0) is 53.5 Å². The number of hydrogen-bond donors (Lipinski definition) is 2. The number of carbonyl (C=O) groups is 1. The Balaban J connectivity index is 1.70. The van der Waals surface area contributed by atoms with Crippen molar-refractivity contribution in [2.75, 3.05) is 5.32 Å². The van der Waals surface area contributed by atoms with E-state index in [1.807, 2.05) is 42.5 Å². The van der Waals surface area contributed by atoms with Crippen LogP contribution in [0.3, 0.4) is 0 Å². The molecular weight excluding hydrogens is 394 g/mol. The fourth-order valence-electron chi connectivity index (χ4n) is 2.85. The summed E-state index contributed by atoms with van der Waals surface area (Å²) in [5.41, 5.74) is 10.4. The van der Waals surface area contributed by atoms with Crippen LogP contribution in [-0.4, -0.2) is 11.7 Å². The first-order valence-electron chi connectivity index (χ1n) is 9.70. The quantitative estimate of drug-likeness (QED) is 0.287. The zero-order valence-electron chi connectivity index (χ0n) is 17.0. The number of rotatable bonds is 6. The molecule has 0 saturated heterocycles. The average molecular weight is 418 g/mol. The van der Waals surface area contributed by atoms with Crippen LogP contribution in [0.5, 0.6) is 0 Å². The lowest BCUT2D eigenvalue weighted by Crippen LogP contribution is -2.14. The minimum atomic E-state index is -0.258. The van der Waals surface area contributed by atoms with Crippen molar-refractivity contribution in [3.05, 3.63) is 101 Å². The van der Waals surface area contributed by atoms with Gasteiger partial charge in [-0.2, -0.15) is 0 Å². The first kappa shape index (κ1) is 21.3. The fraction of sp³-hybridized carbons (Fsp3) is 0.120. The van der Waals surface area contributed by atoms with Crippen molar-refractivity contribution in [3.63, 3.8) is 0 Å². The molecule has 3 aromatic carbocycles. The van der Waals surface area contributed by atoms with Crippen molar-refractivity contribution in [1.82, 2.24) is 0 Å². The molecule has 0 radical (unpaired) electrons. The van der Waals surface area contributed by atoms with E-state index in [0.29, 0.717) is 22.5 Å². The second-order valence-corrected chi connectivity index (χ2v) is 7.58. The standard InChI is InChI=1S/C25H24ClN3O/c1-17(2)18-10-13-21(14-11-18)29-25(27)20-7-5-8-22(16-20)28-24(30)15-12-19-6-3-4-9-23(19)26/h3-17H,1-2H3,(H2,27,29)(H,28,30). The van der Waals surface area contributed by atoms with E-state index >= 15 is 0 Å². The number of nitrogens with one attached hydrogen (secondary N) is 1. The van der Waals surface area contributed by atoms with Gasteiger partial charge < -0.3 is 11.1 Å². The maximum Gasteiger partial charge on any atom is 0.248 e. The Kier molecular flexibility index (Phi) is 7.04. The molecule has 0 saturated carbocycles. The van der Waals surface area contributed by atoms with E-state index in [9.17, 15) is 4.79 Å². The first-order chi connectivity index (χ1) is 14.4. The maximum atomic E-state index is 12.3. The molecule has 0 aliphatic rings. The summed E-state index contributed by atoms with van der Waals surface area (Å²) in [4.78, 5) is 16.7. The van der Waals surface area contributed by atoms with Crippen molar-refractivity contribution in [3.8, 4) is 0 Å². The van der Waals surface area contributed by atoms with Crippen LogP contribution in [0.1, 0.15) is 36.5 Å². The van der Waals surface area contributed by atoms with Crippen molar-refractivity contribution in [1.29, 1.82) is 0 Å². The van der Waals surface area contributed by atoms with Gasteiger partial charge in [0.2, 0.25) is 5.91 Å². The molecule has 1 amide bonds. The fourth-order valence-corrected chi connectivity index (χ4v) is 3.05. The van der Waals surface area contributed by atoms with E-state index in [-0.39, 0.29) is 5.91 Å². The Morgan fingerprint density at radius 3 is 2.47 bits per heavy atom. The highest BCUT2D eigenvalue weighted by Gasteiger charge is 2.04. The highest BCUT2D eigenvalue weighted by Crippen LogP contribution is 2.20. The second-order valence-electron chi connectivity index (χ2n) is 7.17. The number of hydrogen-bond acceptors (Lipinski definition) is 2. The highest BCUT2D eigenvalue weighted by molar-refractivity contribution is 6.32. The molecule has 30 heavy (non-hydrogen) atoms. The maximum absolute atomic E-state index is 12.3. The average Bonchev–Trinajstić information content (AvgIpc) is 2.74. The normalized spacial score (nSPS) is 11.8. The van der Waals surface area contributed by atoms with Gasteiger partial charge in [0, 0.05) is 22.3 Å². The number of anilines is 1. The molecule has 0 fully saturated rings. The third kappa shape index (κ3) is 5.82. The predicted octanol–water partition coefficient (Wildman–Crippen LogP) is 6.15. The molecule has 3 N–H and O–H groups in total. The van der Waals surface area contributed by atoms with Gasteiger partial charge in [-0.3, -0.25) is 4.79 Å². The third-order valence-electron chi connectivity index (χ3n) is 4.55. The van der Waals surface area contributed by atoms with Crippen LogP contribution >= 0.6 is 11.6 Å². The van der Waals surface area contributed by atoms with Gasteiger partial charge in [0.1, 0.15) is 5.84 Å². The lowest BCUT2D eigenvalue weighted by Gasteiger charge is -2.07. The molecule has 0 spiro atoms. The van der Waals surface area contributed by atoms with Crippen LogP contribution in [0.4, 0.5) is 11.4 Å². The highest BCUT2D eigenvalue weighted by atomic mass is 35.5. The van der Waals surface area contributed by atoms with Gasteiger partial charge in [-0.25, -0.2) is 4.99 Å². The lowest BCUT2D eigenvalue weighted by atomic mass is 10.0. The number of benzene rings is 3. The number of aliphatic imine (C=N–C) groups is 1. The van der Waals surface area contributed by atoms with Crippen molar-refractivity contribution in [2.24, 2.45) is 10.7 Å². The summed E-state index contributed by atoms with van der Waals surface area (Å²) >= 11 is 6.10. The molecule has 0 heterocycles. The summed E-state index contributed by atoms with van der Waals surface area (Å²) in [6, 6.07) is 22.6. The van der Waals surface area contributed by atoms with Gasteiger partial charge in [0.15, 0.2) is 0 Å². The van der Waals surface area contributed by atoms with E-state index in [1.54, 1.807) is 24.3 Å². The Morgan fingerprint density at radius 1 is 1.03 bits per heavy atom. The molecule has 0 atom stereocenters. The van der Waals surface area contributed by atoms with E-state index in [2.05, 4.69) is 36.3 Å². The SMILES string of the molecule is CC(C)c1ccc(N=C(N)c2cccc(NC(=O)C=Cc3ccccc3Cl)c2)cc1. The smallest absolute Gasteiger partial charge is 0.248 e. The number of amidine groups is 1. The van der Waals surface area contributed by atoms with Crippen LogP contribution in [0.15, 0.2) is 83.9 Å². The number of nitrogens with zero attached hydrogens (tertiary/aromatic N) is 1. The molecule has 3 rings (SSSR count). The van der Waals surface area contributed by atoms with Crippen molar-refractivity contribution in [2.45, 2.75) is 19.8 Å². The molecule has 0 unspecified atom stereocenters. The topological polar surface area (TPSA) is 67.5 Å². The summed E-state index contributed by atoms with van der Waals surface area (Å²) in [7, 11) is 0. The van der Waals surface area contributed by atoms with E-state index in [0.717, 1.165) is 16.8 Å². The number of nitrogens with two attached hydrogens (primary N) is 1. The molecule has 3 aromatic rings. The van der Waals surface area contributed by atoms with Crippen LogP contribution in [-0.2, 0) is 4.79 Å². The van der Waals surface area contributed by atoms with Gasteiger partial charge >= 0.3 is 0 Å². The second kappa shape index (κ2) is 9.90. The summed E-state index contributed by atoms with van der Waals surface area (Å²) < 4.78 is 0. The summed E-state index contributed by atoms with van der Waals surface area (Å²) in [6.07, 6.45) is 3.12. The minimum Gasteiger partial charge on any atom is -0.383 e. The van der Waals surface area contributed by atoms with Gasteiger partial charge in [-0.1, -0.05) is 67.9 Å². The Morgan fingerprint density at radius 2 is 1.77 bits per heavy atom. The van der Waals surface area contributed by atoms with E-state index in [4.69, 9.17) is 17.3 Å². The number of halogens is 1. The molecule has 152 valence electrons. The van der Waals surface area contributed by atoms with Gasteiger partial charge in [0.05, 0.1) is 5.69 Å².